The summed E-state index contributed by atoms with van der Waals surface area (Å²) in [5.41, 5.74) is 0.391. The summed E-state index contributed by atoms with van der Waals surface area (Å²) in [4.78, 5) is 11.3. The van der Waals surface area contributed by atoms with E-state index in [2.05, 4.69) is 21.2 Å². The zero-order valence-electron chi connectivity index (χ0n) is 9.72. The van der Waals surface area contributed by atoms with Crippen LogP contribution in [0, 0.1) is 5.82 Å². The molecule has 1 aliphatic rings. The van der Waals surface area contributed by atoms with Crippen molar-refractivity contribution >= 4 is 21.8 Å². The summed E-state index contributed by atoms with van der Waals surface area (Å²) in [6, 6.07) is 4.93. The fourth-order valence-electron chi connectivity index (χ4n) is 2.34. The molecule has 0 bridgehead atoms. The van der Waals surface area contributed by atoms with Crippen LogP contribution in [0.3, 0.4) is 0 Å². The van der Waals surface area contributed by atoms with Gasteiger partial charge in [-0.2, -0.15) is 0 Å². The lowest BCUT2D eigenvalue weighted by Crippen LogP contribution is -2.43. The Bertz CT molecular complexity index is 449. The molecule has 92 valence electrons. The molecule has 0 aliphatic carbocycles. The highest BCUT2D eigenvalue weighted by Gasteiger charge is 2.36. The van der Waals surface area contributed by atoms with Crippen LogP contribution < -0.4 is 5.32 Å². The Hall–Kier alpha value is -0.900. The number of carbonyl (C=O) groups excluding carboxylic acids is 1. The van der Waals surface area contributed by atoms with Crippen LogP contribution in [0.5, 0.6) is 0 Å². The highest BCUT2D eigenvalue weighted by molar-refractivity contribution is 9.10. The monoisotopic (exact) mass is 299 g/mol. The molecule has 1 aliphatic heterocycles. The van der Waals surface area contributed by atoms with Gasteiger partial charge in [0.15, 0.2) is 0 Å². The number of hydrogen-bond donors (Lipinski definition) is 1. The van der Waals surface area contributed by atoms with E-state index in [1.165, 1.54) is 6.07 Å². The minimum atomic E-state index is -0.265. The minimum absolute atomic E-state index is 0.0715. The van der Waals surface area contributed by atoms with Crippen LogP contribution in [0.15, 0.2) is 22.7 Å². The zero-order chi connectivity index (χ0) is 12.5. The number of hydrogen-bond acceptors (Lipinski definition) is 1. The normalized spacial score (nSPS) is 23.8. The van der Waals surface area contributed by atoms with Crippen molar-refractivity contribution in [1.82, 2.24) is 5.32 Å². The van der Waals surface area contributed by atoms with Crippen molar-refractivity contribution in [2.45, 2.75) is 38.1 Å². The number of benzene rings is 1. The molecule has 0 radical (unpaired) electrons. The molecular formula is C13H15BrFNO. The second kappa shape index (κ2) is 4.77. The van der Waals surface area contributed by atoms with E-state index in [-0.39, 0.29) is 17.3 Å². The summed E-state index contributed by atoms with van der Waals surface area (Å²) < 4.78 is 14.6. The van der Waals surface area contributed by atoms with E-state index in [1.807, 2.05) is 6.92 Å². The predicted octanol–water partition coefficient (Wildman–Crippen LogP) is 3.19. The molecule has 1 aromatic carbocycles. The van der Waals surface area contributed by atoms with Crippen molar-refractivity contribution in [3.8, 4) is 0 Å². The Morgan fingerprint density at radius 1 is 1.53 bits per heavy atom. The van der Waals surface area contributed by atoms with E-state index in [0.717, 1.165) is 17.3 Å². The summed E-state index contributed by atoms with van der Waals surface area (Å²) in [5, 5.41) is 2.99. The van der Waals surface area contributed by atoms with E-state index in [1.54, 1.807) is 12.1 Å². The largest absolute Gasteiger partial charge is 0.350 e. The quantitative estimate of drug-likeness (QED) is 0.912. The Morgan fingerprint density at radius 3 is 2.88 bits per heavy atom. The lowest BCUT2D eigenvalue weighted by atomic mass is 9.87. The minimum Gasteiger partial charge on any atom is -0.350 e. The maximum atomic E-state index is 13.7. The van der Waals surface area contributed by atoms with Gasteiger partial charge < -0.3 is 5.32 Å². The molecule has 17 heavy (non-hydrogen) atoms. The van der Waals surface area contributed by atoms with E-state index in [4.69, 9.17) is 0 Å². The molecule has 1 N–H and O–H groups in total. The van der Waals surface area contributed by atoms with Crippen molar-refractivity contribution in [2.75, 3.05) is 0 Å². The molecule has 1 fully saturated rings. The van der Waals surface area contributed by atoms with Crippen LogP contribution in [-0.2, 0) is 11.2 Å². The Labute approximate surface area is 109 Å². The van der Waals surface area contributed by atoms with E-state index >= 15 is 0 Å². The summed E-state index contributed by atoms with van der Waals surface area (Å²) in [5.74, 6) is -0.135. The first-order valence-corrected chi connectivity index (χ1v) is 6.59. The highest BCUT2D eigenvalue weighted by Crippen LogP contribution is 2.29. The third kappa shape index (κ3) is 2.68. The van der Waals surface area contributed by atoms with Gasteiger partial charge in [0.05, 0.1) is 0 Å². The van der Waals surface area contributed by atoms with Crippen molar-refractivity contribution in [1.29, 1.82) is 0 Å². The second-order valence-electron chi connectivity index (χ2n) is 4.59. The molecular weight excluding hydrogens is 285 g/mol. The van der Waals surface area contributed by atoms with E-state index < -0.39 is 0 Å². The van der Waals surface area contributed by atoms with Crippen molar-refractivity contribution < 1.29 is 9.18 Å². The molecule has 1 unspecified atom stereocenters. The van der Waals surface area contributed by atoms with Gasteiger partial charge in [0.25, 0.3) is 0 Å². The predicted molar refractivity (Wildman–Crippen MR) is 68.2 cm³/mol. The number of halogens is 2. The molecule has 1 heterocycles. The van der Waals surface area contributed by atoms with Gasteiger partial charge in [-0.1, -0.05) is 22.9 Å². The Kier molecular flexibility index (Phi) is 3.52. The van der Waals surface area contributed by atoms with Gasteiger partial charge in [-0.25, -0.2) is 4.39 Å². The lowest BCUT2D eigenvalue weighted by Gasteiger charge is -2.28. The van der Waals surface area contributed by atoms with Gasteiger partial charge >= 0.3 is 0 Å². The van der Waals surface area contributed by atoms with Gasteiger partial charge in [-0.15, -0.1) is 0 Å². The zero-order valence-corrected chi connectivity index (χ0v) is 11.3. The van der Waals surface area contributed by atoms with Gasteiger partial charge in [0, 0.05) is 16.4 Å². The van der Waals surface area contributed by atoms with Crippen molar-refractivity contribution in [2.24, 2.45) is 0 Å². The fraction of sp³-hybridized carbons (Fsp3) is 0.462. The Balaban J connectivity index is 2.24. The molecule has 1 amide bonds. The number of amides is 1. The van der Waals surface area contributed by atoms with Gasteiger partial charge in [0.1, 0.15) is 5.82 Å². The molecule has 4 heteroatoms. The summed E-state index contributed by atoms with van der Waals surface area (Å²) in [6.07, 6.45) is 2.71. The first-order chi connectivity index (χ1) is 8.04. The maximum absolute atomic E-state index is 13.7. The first-order valence-electron chi connectivity index (χ1n) is 5.79. The number of carbonyl (C=O) groups is 1. The topological polar surface area (TPSA) is 29.1 Å². The van der Waals surface area contributed by atoms with E-state index in [0.29, 0.717) is 18.4 Å². The average Bonchev–Trinajstić information content (AvgIpc) is 2.66. The molecule has 0 spiro atoms. The van der Waals surface area contributed by atoms with Gasteiger partial charge in [0.2, 0.25) is 5.91 Å². The van der Waals surface area contributed by atoms with Crippen LogP contribution in [0.1, 0.15) is 31.7 Å². The second-order valence-corrected chi connectivity index (χ2v) is 5.51. The Morgan fingerprint density at radius 2 is 2.29 bits per heavy atom. The smallest absolute Gasteiger partial charge is 0.220 e. The third-order valence-electron chi connectivity index (χ3n) is 3.45. The van der Waals surface area contributed by atoms with Crippen LogP contribution in [0.25, 0.3) is 0 Å². The maximum Gasteiger partial charge on any atom is 0.220 e. The molecule has 1 atom stereocenters. The van der Waals surface area contributed by atoms with Crippen molar-refractivity contribution in [3.05, 3.63) is 34.1 Å². The highest BCUT2D eigenvalue weighted by atomic mass is 79.9. The summed E-state index contributed by atoms with van der Waals surface area (Å²) >= 11 is 3.34. The van der Waals surface area contributed by atoms with Crippen LogP contribution in [-0.4, -0.2) is 11.4 Å². The van der Waals surface area contributed by atoms with Gasteiger partial charge in [-0.3, -0.25) is 4.79 Å². The summed E-state index contributed by atoms with van der Waals surface area (Å²) in [7, 11) is 0. The number of nitrogens with one attached hydrogen (secondary N) is 1. The standard InChI is InChI=1S/C13H15BrFNO/c1-2-13(6-5-12(17)16-13)8-9-7-10(14)3-4-11(9)15/h3-4,7H,2,5-6,8H2,1H3,(H,16,17). The molecule has 2 nitrogen and oxygen atoms in total. The fourth-order valence-corrected chi connectivity index (χ4v) is 2.75. The van der Waals surface area contributed by atoms with Crippen molar-refractivity contribution in [3.63, 3.8) is 0 Å². The molecule has 0 saturated carbocycles. The molecule has 1 saturated heterocycles. The first kappa shape index (κ1) is 12.6. The summed E-state index contributed by atoms with van der Waals surface area (Å²) in [6.45, 7) is 2.03. The van der Waals surface area contributed by atoms with Crippen LogP contribution in [0.4, 0.5) is 4.39 Å². The van der Waals surface area contributed by atoms with Crippen LogP contribution >= 0.6 is 15.9 Å². The number of rotatable bonds is 3. The molecule has 2 rings (SSSR count). The van der Waals surface area contributed by atoms with E-state index in [9.17, 15) is 9.18 Å². The average molecular weight is 300 g/mol. The SMILES string of the molecule is CCC1(Cc2cc(Br)ccc2F)CCC(=O)N1. The third-order valence-corrected chi connectivity index (χ3v) is 3.94. The molecule has 0 aromatic heterocycles. The lowest BCUT2D eigenvalue weighted by molar-refractivity contribution is -0.119. The van der Waals surface area contributed by atoms with Gasteiger partial charge in [-0.05, 0) is 43.0 Å². The van der Waals surface area contributed by atoms with Crippen LogP contribution in [0.2, 0.25) is 0 Å². The molecule has 1 aromatic rings.